The molecule has 0 saturated heterocycles. The lowest BCUT2D eigenvalue weighted by Crippen LogP contribution is -2.12. The van der Waals surface area contributed by atoms with Crippen molar-refractivity contribution < 1.29 is 5.11 Å². The molecule has 0 unspecified atom stereocenters. The van der Waals surface area contributed by atoms with Crippen LogP contribution >= 0.6 is 0 Å². The lowest BCUT2D eigenvalue weighted by Gasteiger charge is -2.08. The molecule has 0 heterocycles. The lowest BCUT2D eigenvalue weighted by atomic mass is 10.0. The summed E-state index contributed by atoms with van der Waals surface area (Å²) in [4.78, 5) is 0. The minimum absolute atomic E-state index is 0.107. The first-order chi connectivity index (χ1) is 9.69. The average Bonchev–Trinajstić information content (AvgIpc) is 2.48. The van der Waals surface area contributed by atoms with Crippen LogP contribution in [-0.4, -0.2) is 5.11 Å². The number of hydrogen-bond acceptors (Lipinski definition) is 2. The monoisotopic (exact) mass is 269 g/mol. The van der Waals surface area contributed by atoms with Crippen LogP contribution < -0.4 is 5.32 Å². The molecule has 0 aliphatic rings. The molecule has 0 atom stereocenters. The van der Waals surface area contributed by atoms with E-state index >= 15 is 0 Å². The molecule has 2 rings (SSSR count). The Morgan fingerprint density at radius 1 is 0.800 bits per heavy atom. The Hall–Kier alpha value is -1.64. The van der Waals surface area contributed by atoms with Gasteiger partial charge in [-0.1, -0.05) is 62.4 Å². The number of aliphatic hydroxyl groups excluding tert-OH is 1. The van der Waals surface area contributed by atoms with Gasteiger partial charge in [0, 0.05) is 13.1 Å². The average molecular weight is 269 g/mol. The summed E-state index contributed by atoms with van der Waals surface area (Å²) in [6, 6.07) is 16.8. The Labute approximate surface area is 121 Å². The molecular weight excluding hydrogens is 246 g/mol. The van der Waals surface area contributed by atoms with Crippen molar-refractivity contribution in [1.29, 1.82) is 0 Å². The molecule has 0 aromatic heterocycles. The molecule has 0 saturated carbocycles. The van der Waals surface area contributed by atoms with Gasteiger partial charge in [0.25, 0.3) is 0 Å². The van der Waals surface area contributed by atoms with Crippen molar-refractivity contribution in [2.24, 2.45) is 0 Å². The molecule has 20 heavy (non-hydrogen) atoms. The van der Waals surface area contributed by atoms with Gasteiger partial charge >= 0.3 is 0 Å². The number of aliphatic hydroxyl groups is 1. The van der Waals surface area contributed by atoms with Gasteiger partial charge in [0.1, 0.15) is 0 Å². The van der Waals surface area contributed by atoms with E-state index in [0.717, 1.165) is 18.7 Å². The topological polar surface area (TPSA) is 32.3 Å². The first-order valence-corrected chi connectivity index (χ1v) is 7.17. The van der Waals surface area contributed by atoms with Crippen molar-refractivity contribution >= 4 is 0 Å². The Bertz CT molecular complexity index is 514. The Morgan fingerprint density at radius 2 is 1.25 bits per heavy atom. The molecule has 106 valence electrons. The third-order valence-electron chi connectivity index (χ3n) is 3.51. The third kappa shape index (κ3) is 4.19. The molecule has 0 aliphatic carbocycles. The van der Waals surface area contributed by atoms with Crippen LogP contribution in [0, 0.1) is 0 Å². The Morgan fingerprint density at radius 3 is 1.70 bits per heavy atom. The van der Waals surface area contributed by atoms with E-state index in [1.165, 1.54) is 16.7 Å². The van der Waals surface area contributed by atoms with Crippen LogP contribution in [0.1, 0.15) is 42.0 Å². The summed E-state index contributed by atoms with van der Waals surface area (Å²) in [6.45, 7) is 6.25. The van der Waals surface area contributed by atoms with Crippen molar-refractivity contribution in [2.45, 2.75) is 39.5 Å². The predicted molar refractivity (Wildman–Crippen MR) is 83.4 cm³/mol. The molecular formula is C18H23NO. The SMILES string of the molecule is CC(C)c1ccc(CNCc2ccc(CO)cc2)cc1. The highest BCUT2D eigenvalue weighted by Crippen LogP contribution is 2.14. The molecule has 0 aliphatic heterocycles. The molecule has 2 aromatic rings. The first kappa shape index (κ1) is 14.8. The van der Waals surface area contributed by atoms with Crippen LogP contribution in [0.4, 0.5) is 0 Å². The second kappa shape index (κ2) is 7.22. The third-order valence-corrected chi connectivity index (χ3v) is 3.51. The summed E-state index contributed by atoms with van der Waals surface area (Å²) in [6.07, 6.45) is 0. The van der Waals surface area contributed by atoms with Gasteiger partial charge in [0.05, 0.1) is 6.61 Å². The van der Waals surface area contributed by atoms with E-state index in [9.17, 15) is 0 Å². The van der Waals surface area contributed by atoms with E-state index in [2.05, 4.69) is 55.6 Å². The molecule has 0 fully saturated rings. The Kier molecular flexibility index (Phi) is 5.33. The van der Waals surface area contributed by atoms with E-state index < -0.39 is 0 Å². The molecule has 2 heteroatoms. The zero-order valence-corrected chi connectivity index (χ0v) is 12.3. The van der Waals surface area contributed by atoms with Gasteiger partial charge in [-0.05, 0) is 28.2 Å². The fourth-order valence-corrected chi connectivity index (χ4v) is 2.13. The summed E-state index contributed by atoms with van der Waals surface area (Å²) in [5.41, 5.74) is 4.88. The van der Waals surface area contributed by atoms with Crippen molar-refractivity contribution in [2.75, 3.05) is 0 Å². The fraction of sp³-hybridized carbons (Fsp3) is 0.333. The molecule has 0 bridgehead atoms. The van der Waals surface area contributed by atoms with E-state index in [1.54, 1.807) is 0 Å². The maximum absolute atomic E-state index is 9.00. The van der Waals surface area contributed by atoms with E-state index in [4.69, 9.17) is 5.11 Å². The smallest absolute Gasteiger partial charge is 0.0681 e. The predicted octanol–water partition coefficient (Wildman–Crippen LogP) is 3.59. The van der Waals surface area contributed by atoms with Crippen LogP contribution in [0.25, 0.3) is 0 Å². The quantitative estimate of drug-likeness (QED) is 0.840. The van der Waals surface area contributed by atoms with Gasteiger partial charge < -0.3 is 10.4 Å². The lowest BCUT2D eigenvalue weighted by molar-refractivity contribution is 0.282. The maximum atomic E-state index is 9.00. The largest absolute Gasteiger partial charge is 0.392 e. The molecule has 2 nitrogen and oxygen atoms in total. The van der Waals surface area contributed by atoms with Gasteiger partial charge in [0.2, 0.25) is 0 Å². The van der Waals surface area contributed by atoms with Crippen molar-refractivity contribution in [3.05, 3.63) is 70.8 Å². The van der Waals surface area contributed by atoms with E-state index in [1.807, 2.05) is 12.1 Å². The Balaban J connectivity index is 1.82. The van der Waals surface area contributed by atoms with Crippen molar-refractivity contribution in [1.82, 2.24) is 5.32 Å². The second-order valence-electron chi connectivity index (χ2n) is 5.47. The first-order valence-electron chi connectivity index (χ1n) is 7.17. The summed E-state index contributed by atoms with van der Waals surface area (Å²) < 4.78 is 0. The van der Waals surface area contributed by atoms with Crippen molar-refractivity contribution in [3.8, 4) is 0 Å². The summed E-state index contributed by atoms with van der Waals surface area (Å²) >= 11 is 0. The zero-order chi connectivity index (χ0) is 14.4. The summed E-state index contributed by atoms with van der Waals surface area (Å²) in [5.74, 6) is 0.585. The highest BCUT2D eigenvalue weighted by atomic mass is 16.3. The van der Waals surface area contributed by atoms with Crippen molar-refractivity contribution in [3.63, 3.8) is 0 Å². The highest BCUT2D eigenvalue weighted by Gasteiger charge is 1.99. The molecule has 0 amide bonds. The minimum atomic E-state index is 0.107. The van der Waals surface area contributed by atoms with Crippen LogP contribution in [0.3, 0.4) is 0 Å². The van der Waals surface area contributed by atoms with E-state index in [0.29, 0.717) is 5.92 Å². The molecule has 0 radical (unpaired) electrons. The summed E-state index contributed by atoms with van der Waals surface area (Å²) in [5, 5.41) is 12.4. The number of nitrogens with one attached hydrogen (secondary N) is 1. The van der Waals surface area contributed by atoms with Crippen LogP contribution in [0.2, 0.25) is 0 Å². The van der Waals surface area contributed by atoms with Crippen LogP contribution in [0.5, 0.6) is 0 Å². The fourth-order valence-electron chi connectivity index (χ4n) is 2.13. The number of hydrogen-bond donors (Lipinski definition) is 2. The standard InChI is InChI=1S/C18H23NO/c1-14(2)18-9-7-16(8-10-18)12-19-11-15-3-5-17(13-20)6-4-15/h3-10,14,19-20H,11-13H2,1-2H3. The van der Waals surface area contributed by atoms with Gasteiger partial charge in [-0.3, -0.25) is 0 Å². The summed E-state index contributed by atoms with van der Waals surface area (Å²) in [7, 11) is 0. The molecule has 2 aromatic carbocycles. The van der Waals surface area contributed by atoms with Gasteiger partial charge in [-0.25, -0.2) is 0 Å². The van der Waals surface area contributed by atoms with Gasteiger partial charge in [-0.15, -0.1) is 0 Å². The maximum Gasteiger partial charge on any atom is 0.0681 e. The van der Waals surface area contributed by atoms with Crippen LogP contribution in [0.15, 0.2) is 48.5 Å². The number of benzene rings is 2. The van der Waals surface area contributed by atoms with Gasteiger partial charge in [0.15, 0.2) is 0 Å². The second-order valence-corrected chi connectivity index (χ2v) is 5.47. The number of rotatable bonds is 6. The molecule has 0 spiro atoms. The van der Waals surface area contributed by atoms with E-state index in [-0.39, 0.29) is 6.61 Å². The molecule has 2 N–H and O–H groups in total. The highest BCUT2D eigenvalue weighted by molar-refractivity contribution is 5.25. The zero-order valence-electron chi connectivity index (χ0n) is 12.3. The normalized spacial score (nSPS) is 11.0. The van der Waals surface area contributed by atoms with Gasteiger partial charge in [-0.2, -0.15) is 0 Å². The minimum Gasteiger partial charge on any atom is -0.392 e. The van der Waals surface area contributed by atoms with Crippen LogP contribution in [-0.2, 0) is 19.7 Å².